The highest BCUT2D eigenvalue weighted by Crippen LogP contribution is 2.12. The van der Waals surface area contributed by atoms with Gasteiger partial charge in [0, 0.05) is 6.42 Å². The summed E-state index contributed by atoms with van der Waals surface area (Å²) in [6.07, 6.45) is 15.4. The Morgan fingerprint density at radius 1 is 0.852 bits per heavy atom. The lowest BCUT2D eigenvalue weighted by atomic mass is 10.0. The first-order valence-corrected chi connectivity index (χ1v) is 11.0. The lowest BCUT2D eigenvalue weighted by molar-refractivity contribution is -0.129. The van der Waals surface area contributed by atoms with Gasteiger partial charge in [0.25, 0.3) is 0 Å². The smallest absolute Gasteiger partial charge is 0.242 e. The van der Waals surface area contributed by atoms with E-state index in [-0.39, 0.29) is 18.4 Å². The third kappa shape index (κ3) is 16.5. The zero-order chi connectivity index (χ0) is 20.3. The van der Waals surface area contributed by atoms with Gasteiger partial charge in [-0.25, -0.2) is 0 Å². The predicted octanol–water partition coefficient (Wildman–Crippen LogP) is 4.53. The fraction of sp³-hybridized carbons (Fsp3) is 0.864. The van der Waals surface area contributed by atoms with Crippen molar-refractivity contribution in [3.8, 4) is 0 Å². The van der Waals surface area contributed by atoms with Crippen molar-refractivity contribution in [2.24, 2.45) is 5.92 Å². The Labute approximate surface area is 166 Å². The summed E-state index contributed by atoms with van der Waals surface area (Å²) in [5.41, 5.74) is 0. The molecule has 0 aromatic carbocycles. The van der Waals surface area contributed by atoms with Crippen LogP contribution >= 0.6 is 0 Å². The molecule has 0 aromatic heterocycles. The van der Waals surface area contributed by atoms with Crippen molar-refractivity contribution in [3.05, 3.63) is 0 Å². The first-order valence-electron chi connectivity index (χ1n) is 11.0. The predicted molar refractivity (Wildman–Crippen MR) is 112 cm³/mol. The molecule has 0 unspecified atom stereocenters. The van der Waals surface area contributed by atoms with Crippen LogP contribution in [0.5, 0.6) is 0 Å². The fourth-order valence-corrected chi connectivity index (χ4v) is 3.18. The molecule has 1 atom stereocenters. The zero-order valence-electron chi connectivity index (χ0n) is 17.9. The van der Waals surface area contributed by atoms with Gasteiger partial charge in [-0.3, -0.25) is 9.59 Å². The van der Waals surface area contributed by atoms with E-state index in [2.05, 4.69) is 17.6 Å². The van der Waals surface area contributed by atoms with Crippen LogP contribution in [-0.4, -0.2) is 30.7 Å². The van der Waals surface area contributed by atoms with Gasteiger partial charge in [-0.1, -0.05) is 85.0 Å². The molecule has 2 amide bonds. The number of rotatable bonds is 18. The number of carbonyl (C=O) groups excluding carboxylic acids is 3. The van der Waals surface area contributed by atoms with Gasteiger partial charge in [0.15, 0.2) is 0 Å². The monoisotopic (exact) mass is 382 g/mol. The average Bonchev–Trinajstić information content (AvgIpc) is 2.63. The van der Waals surface area contributed by atoms with Crippen molar-refractivity contribution in [1.82, 2.24) is 10.6 Å². The van der Waals surface area contributed by atoms with Crippen LogP contribution in [-0.2, 0) is 14.4 Å². The van der Waals surface area contributed by atoms with Gasteiger partial charge in [0.2, 0.25) is 11.8 Å². The molecule has 158 valence electrons. The lowest BCUT2D eigenvalue weighted by Gasteiger charge is -2.19. The summed E-state index contributed by atoms with van der Waals surface area (Å²) >= 11 is 0. The van der Waals surface area contributed by atoms with Crippen LogP contribution < -0.4 is 10.6 Å². The molecule has 2 N–H and O–H groups in total. The second kappa shape index (κ2) is 18.0. The lowest BCUT2D eigenvalue weighted by Crippen LogP contribution is -2.47. The van der Waals surface area contributed by atoms with Gasteiger partial charge in [0.05, 0.1) is 6.54 Å². The Hall–Kier alpha value is -1.39. The molecule has 0 saturated carbocycles. The van der Waals surface area contributed by atoms with Crippen molar-refractivity contribution in [2.45, 2.75) is 110 Å². The number of hydrogen-bond acceptors (Lipinski definition) is 3. The molecular formula is C22H42N2O3. The molecule has 0 aliphatic rings. The zero-order valence-corrected chi connectivity index (χ0v) is 17.9. The quantitative estimate of drug-likeness (QED) is 0.270. The third-order valence-electron chi connectivity index (χ3n) is 4.73. The van der Waals surface area contributed by atoms with Gasteiger partial charge in [-0.05, 0) is 18.8 Å². The molecule has 27 heavy (non-hydrogen) atoms. The van der Waals surface area contributed by atoms with Gasteiger partial charge in [0.1, 0.15) is 12.3 Å². The van der Waals surface area contributed by atoms with E-state index in [1.165, 1.54) is 57.8 Å². The van der Waals surface area contributed by atoms with Gasteiger partial charge in [-0.2, -0.15) is 0 Å². The van der Waals surface area contributed by atoms with Crippen LogP contribution in [0.1, 0.15) is 104 Å². The van der Waals surface area contributed by atoms with Crippen molar-refractivity contribution in [3.63, 3.8) is 0 Å². The molecule has 0 fully saturated rings. The van der Waals surface area contributed by atoms with Gasteiger partial charge >= 0.3 is 0 Å². The third-order valence-corrected chi connectivity index (χ3v) is 4.73. The van der Waals surface area contributed by atoms with Crippen molar-refractivity contribution < 1.29 is 14.4 Å². The van der Waals surface area contributed by atoms with Gasteiger partial charge in [-0.15, -0.1) is 0 Å². The first kappa shape index (κ1) is 25.6. The highest BCUT2D eigenvalue weighted by Gasteiger charge is 2.21. The largest absolute Gasteiger partial charge is 0.348 e. The average molecular weight is 383 g/mol. The van der Waals surface area contributed by atoms with Crippen LogP contribution in [0.3, 0.4) is 0 Å². The topological polar surface area (TPSA) is 75.3 Å². The standard InChI is InChI=1S/C22H42N2O3/c1-4-5-6-7-8-9-10-11-12-13-14-15-21(26)24-20(18-19(2)3)22(27)23-16-17-25/h17,19-20H,4-16,18H2,1-3H3,(H,23,27)(H,24,26)/t20-/m0/s1. The summed E-state index contributed by atoms with van der Waals surface area (Å²) in [5.74, 6) is -0.0554. The van der Waals surface area contributed by atoms with Crippen molar-refractivity contribution in [1.29, 1.82) is 0 Å². The first-order chi connectivity index (χ1) is 13.0. The molecule has 5 heteroatoms. The second-order valence-electron chi connectivity index (χ2n) is 7.95. The number of hydrogen-bond donors (Lipinski definition) is 2. The summed E-state index contributed by atoms with van der Waals surface area (Å²) in [4.78, 5) is 34.6. The maximum absolute atomic E-state index is 12.1. The van der Waals surface area contributed by atoms with E-state index in [4.69, 9.17) is 0 Å². The fourth-order valence-electron chi connectivity index (χ4n) is 3.18. The van der Waals surface area contributed by atoms with Crippen LogP contribution in [0.4, 0.5) is 0 Å². The molecule has 5 nitrogen and oxygen atoms in total. The second-order valence-corrected chi connectivity index (χ2v) is 7.95. The maximum Gasteiger partial charge on any atom is 0.242 e. The van der Waals surface area contributed by atoms with E-state index >= 15 is 0 Å². The summed E-state index contributed by atoms with van der Waals surface area (Å²) < 4.78 is 0. The minimum atomic E-state index is -0.551. The molecule has 0 aliphatic carbocycles. The van der Waals surface area contributed by atoms with Crippen molar-refractivity contribution in [2.75, 3.05) is 6.54 Å². The molecule has 0 radical (unpaired) electrons. The highest BCUT2D eigenvalue weighted by molar-refractivity contribution is 5.88. The normalized spacial score (nSPS) is 12.0. The highest BCUT2D eigenvalue weighted by atomic mass is 16.2. The number of aldehydes is 1. The van der Waals surface area contributed by atoms with Crippen LogP contribution in [0, 0.1) is 5.92 Å². The van der Waals surface area contributed by atoms with Crippen molar-refractivity contribution >= 4 is 18.1 Å². The number of nitrogens with one attached hydrogen (secondary N) is 2. The number of carbonyl (C=O) groups is 3. The Balaban J connectivity index is 3.79. The van der Waals surface area contributed by atoms with E-state index in [0.717, 1.165) is 12.8 Å². The Morgan fingerprint density at radius 2 is 1.37 bits per heavy atom. The summed E-state index contributed by atoms with van der Waals surface area (Å²) in [6, 6.07) is -0.551. The summed E-state index contributed by atoms with van der Waals surface area (Å²) in [5, 5.41) is 5.36. The molecular weight excluding hydrogens is 340 g/mol. The Bertz CT molecular complexity index is 397. The SMILES string of the molecule is CCCCCCCCCCCCCC(=O)N[C@@H](CC(C)C)C(=O)NCC=O. The van der Waals surface area contributed by atoms with E-state index in [1.807, 2.05) is 13.8 Å². The minimum Gasteiger partial charge on any atom is -0.348 e. The van der Waals surface area contributed by atoms with Crippen LogP contribution in [0.2, 0.25) is 0 Å². The molecule has 0 spiro atoms. The molecule has 0 aromatic rings. The molecule has 0 aliphatic heterocycles. The maximum atomic E-state index is 12.1. The molecule has 0 heterocycles. The van der Waals surface area contributed by atoms with E-state index in [1.54, 1.807) is 0 Å². The van der Waals surface area contributed by atoms with E-state index < -0.39 is 6.04 Å². The van der Waals surface area contributed by atoms with Crippen LogP contribution in [0.25, 0.3) is 0 Å². The Kier molecular flexibility index (Phi) is 17.1. The summed E-state index contributed by atoms with van der Waals surface area (Å²) in [6.45, 7) is 6.25. The minimum absolute atomic E-state index is 0.0120. The van der Waals surface area contributed by atoms with Crippen LogP contribution in [0.15, 0.2) is 0 Å². The van der Waals surface area contributed by atoms with Gasteiger partial charge < -0.3 is 15.4 Å². The van der Waals surface area contributed by atoms with E-state index in [0.29, 0.717) is 25.0 Å². The molecule has 0 saturated heterocycles. The van der Waals surface area contributed by atoms with E-state index in [9.17, 15) is 14.4 Å². The number of unbranched alkanes of at least 4 members (excludes halogenated alkanes) is 10. The molecule has 0 bridgehead atoms. The number of amides is 2. The molecule has 0 rings (SSSR count). The Morgan fingerprint density at radius 3 is 1.85 bits per heavy atom. The summed E-state index contributed by atoms with van der Waals surface area (Å²) in [7, 11) is 0.